The second-order valence-corrected chi connectivity index (χ2v) is 9.28. The summed E-state index contributed by atoms with van der Waals surface area (Å²) in [5.74, 6) is -0.908. The Morgan fingerprint density at radius 2 is 1.93 bits per heavy atom. The lowest BCUT2D eigenvalue weighted by Crippen LogP contribution is -2.43. The molecule has 0 aliphatic carbocycles. The largest absolute Gasteiger partial charge is 0.325 e. The molecule has 1 N–H and O–H groups in total. The molecule has 1 atom stereocenters. The highest BCUT2D eigenvalue weighted by atomic mass is 35.5. The lowest BCUT2D eigenvalue weighted by atomic mass is 9.98. The molecule has 0 saturated carbocycles. The first kappa shape index (κ1) is 21.2. The molecule has 1 aliphatic rings. The monoisotopic (exact) mass is 437 g/mol. The van der Waals surface area contributed by atoms with Gasteiger partial charge in [0.05, 0.1) is 21.4 Å². The normalized spacial score (nSPS) is 17.7. The number of anilines is 1. The molecule has 0 aromatic heterocycles. The third-order valence-electron chi connectivity index (χ3n) is 4.90. The van der Waals surface area contributed by atoms with Crippen molar-refractivity contribution in [2.75, 3.05) is 18.4 Å². The van der Waals surface area contributed by atoms with Crippen LogP contribution in [-0.2, 0) is 14.8 Å². The summed E-state index contributed by atoms with van der Waals surface area (Å²) in [6, 6.07) is 10.1. The zero-order valence-electron chi connectivity index (χ0n) is 15.7. The number of amides is 1. The predicted octanol–water partition coefficient (Wildman–Crippen LogP) is 3.60. The Hall–Kier alpha value is -2.49. The van der Waals surface area contributed by atoms with E-state index in [9.17, 15) is 23.3 Å². The lowest BCUT2D eigenvalue weighted by molar-refractivity contribution is -0.384. The summed E-state index contributed by atoms with van der Waals surface area (Å²) in [5, 5.41) is 14.1. The first-order valence-electron chi connectivity index (χ1n) is 9.00. The Bertz CT molecular complexity index is 1040. The molecular weight excluding hydrogens is 418 g/mol. The molecule has 0 radical (unpaired) electrons. The van der Waals surface area contributed by atoms with E-state index in [1.807, 2.05) is 0 Å². The molecule has 154 valence electrons. The Morgan fingerprint density at radius 3 is 2.59 bits per heavy atom. The fraction of sp³-hybridized carbons (Fsp3) is 0.316. The van der Waals surface area contributed by atoms with E-state index in [1.54, 1.807) is 13.0 Å². The molecule has 2 aromatic rings. The summed E-state index contributed by atoms with van der Waals surface area (Å²) >= 11 is 5.83. The average molecular weight is 438 g/mol. The minimum absolute atomic E-state index is 0.0464. The van der Waals surface area contributed by atoms with Crippen molar-refractivity contribution in [2.24, 2.45) is 5.92 Å². The maximum Gasteiger partial charge on any atom is 0.271 e. The summed E-state index contributed by atoms with van der Waals surface area (Å²) in [6.07, 6.45) is 1.07. The Labute approximate surface area is 173 Å². The van der Waals surface area contributed by atoms with Crippen molar-refractivity contribution in [3.05, 3.63) is 63.2 Å². The van der Waals surface area contributed by atoms with Crippen molar-refractivity contribution in [1.82, 2.24) is 4.31 Å². The van der Waals surface area contributed by atoms with E-state index in [0.717, 1.165) is 0 Å². The third kappa shape index (κ3) is 4.75. The van der Waals surface area contributed by atoms with Crippen LogP contribution < -0.4 is 5.32 Å². The molecule has 2 aromatic carbocycles. The maximum atomic E-state index is 12.9. The SMILES string of the molecule is Cc1ccc([N+](=O)[O-])cc1NC(=O)[C@@H]1CCCN(S(=O)(=O)c2ccc(Cl)cc2)C1. The number of nitro benzene ring substituents is 1. The number of halogens is 1. The van der Waals surface area contributed by atoms with Gasteiger partial charge in [-0.25, -0.2) is 8.42 Å². The van der Waals surface area contributed by atoms with E-state index in [0.29, 0.717) is 35.7 Å². The second kappa shape index (κ2) is 8.48. The van der Waals surface area contributed by atoms with Crippen LogP contribution in [0.1, 0.15) is 18.4 Å². The van der Waals surface area contributed by atoms with Crippen LogP contribution >= 0.6 is 11.6 Å². The van der Waals surface area contributed by atoms with Gasteiger partial charge in [-0.2, -0.15) is 4.31 Å². The van der Waals surface area contributed by atoms with Gasteiger partial charge < -0.3 is 5.32 Å². The number of carbonyl (C=O) groups is 1. The number of nitrogens with zero attached hydrogens (tertiary/aromatic N) is 2. The number of sulfonamides is 1. The van der Waals surface area contributed by atoms with Crippen molar-refractivity contribution >= 4 is 38.9 Å². The van der Waals surface area contributed by atoms with E-state index in [1.165, 1.54) is 40.7 Å². The number of nitrogens with one attached hydrogen (secondary N) is 1. The average Bonchev–Trinajstić information content (AvgIpc) is 2.70. The molecule has 1 saturated heterocycles. The van der Waals surface area contributed by atoms with E-state index >= 15 is 0 Å². The number of piperidine rings is 1. The Balaban J connectivity index is 1.75. The van der Waals surface area contributed by atoms with Crippen LogP contribution in [0.3, 0.4) is 0 Å². The van der Waals surface area contributed by atoms with E-state index < -0.39 is 20.9 Å². The van der Waals surface area contributed by atoms with Gasteiger partial charge in [-0.15, -0.1) is 0 Å². The van der Waals surface area contributed by atoms with E-state index in [-0.39, 0.29) is 23.0 Å². The zero-order valence-corrected chi connectivity index (χ0v) is 17.2. The number of non-ortho nitro benzene ring substituents is 1. The predicted molar refractivity (Wildman–Crippen MR) is 109 cm³/mol. The topological polar surface area (TPSA) is 110 Å². The number of nitro groups is 1. The molecule has 1 fully saturated rings. The Kier molecular flexibility index (Phi) is 6.21. The van der Waals surface area contributed by atoms with Crippen molar-refractivity contribution in [1.29, 1.82) is 0 Å². The number of benzene rings is 2. The second-order valence-electron chi connectivity index (χ2n) is 6.90. The highest BCUT2D eigenvalue weighted by Gasteiger charge is 2.33. The van der Waals surface area contributed by atoms with Crippen LogP contribution in [0.25, 0.3) is 0 Å². The first-order chi connectivity index (χ1) is 13.7. The number of hydrogen-bond acceptors (Lipinski definition) is 5. The molecule has 0 unspecified atom stereocenters. The van der Waals surface area contributed by atoms with Crippen molar-refractivity contribution < 1.29 is 18.1 Å². The van der Waals surface area contributed by atoms with E-state index in [4.69, 9.17) is 11.6 Å². The van der Waals surface area contributed by atoms with E-state index in [2.05, 4.69) is 5.32 Å². The van der Waals surface area contributed by atoms with Gasteiger partial charge in [0.15, 0.2) is 0 Å². The van der Waals surface area contributed by atoms with Gasteiger partial charge in [0, 0.05) is 30.2 Å². The van der Waals surface area contributed by atoms with Crippen LogP contribution in [0.5, 0.6) is 0 Å². The van der Waals surface area contributed by atoms with Crippen molar-refractivity contribution in [3.8, 4) is 0 Å². The summed E-state index contributed by atoms with van der Waals surface area (Å²) in [7, 11) is -3.74. The fourth-order valence-corrected chi connectivity index (χ4v) is 4.87. The van der Waals surface area contributed by atoms with Crippen LogP contribution in [0.4, 0.5) is 11.4 Å². The molecule has 29 heavy (non-hydrogen) atoms. The molecule has 3 rings (SSSR count). The van der Waals surface area contributed by atoms with Crippen LogP contribution in [0.15, 0.2) is 47.4 Å². The maximum absolute atomic E-state index is 12.9. The fourth-order valence-electron chi connectivity index (χ4n) is 3.22. The van der Waals surface area contributed by atoms with Gasteiger partial charge >= 0.3 is 0 Å². The molecule has 10 heteroatoms. The molecular formula is C19H20ClN3O5S. The van der Waals surface area contributed by atoms with Gasteiger partial charge in [-0.1, -0.05) is 17.7 Å². The molecule has 0 bridgehead atoms. The van der Waals surface area contributed by atoms with Gasteiger partial charge in [0.25, 0.3) is 5.69 Å². The highest BCUT2D eigenvalue weighted by molar-refractivity contribution is 7.89. The van der Waals surface area contributed by atoms with Crippen molar-refractivity contribution in [2.45, 2.75) is 24.7 Å². The quantitative estimate of drug-likeness (QED) is 0.567. The Morgan fingerprint density at radius 1 is 1.24 bits per heavy atom. The molecule has 0 spiro atoms. The number of hydrogen-bond donors (Lipinski definition) is 1. The highest BCUT2D eigenvalue weighted by Crippen LogP contribution is 2.27. The summed E-state index contributed by atoms with van der Waals surface area (Å²) in [5.41, 5.74) is 0.911. The van der Waals surface area contributed by atoms with Gasteiger partial charge in [-0.05, 0) is 49.6 Å². The van der Waals surface area contributed by atoms with Crippen LogP contribution in [0.2, 0.25) is 5.02 Å². The third-order valence-corrected chi connectivity index (χ3v) is 7.03. The summed E-state index contributed by atoms with van der Waals surface area (Å²) in [4.78, 5) is 23.3. The minimum atomic E-state index is -3.74. The zero-order chi connectivity index (χ0) is 21.2. The number of aryl methyl sites for hydroxylation is 1. The molecule has 1 heterocycles. The minimum Gasteiger partial charge on any atom is -0.325 e. The lowest BCUT2D eigenvalue weighted by Gasteiger charge is -2.31. The van der Waals surface area contributed by atoms with Crippen LogP contribution in [-0.4, -0.2) is 36.6 Å². The standard InChI is InChI=1S/C19H20ClN3O5S/c1-13-4-7-16(23(25)26)11-18(13)21-19(24)14-3-2-10-22(12-14)29(27,28)17-8-5-15(20)6-9-17/h4-9,11,14H,2-3,10,12H2,1H3,(H,21,24)/t14-/m1/s1. The van der Waals surface area contributed by atoms with Crippen molar-refractivity contribution in [3.63, 3.8) is 0 Å². The van der Waals surface area contributed by atoms with Crippen LogP contribution in [0, 0.1) is 23.0 Å². The van der Waals surface area contributed by atoms with Gasteiger partial charge in [0.1, 0.15) is 0 Å². The number of rotatable bonds is 5. The number of carbonyl (C=O) groups excluding carboxylic acids is 1. The van der Waals surface area contributed by atoms with Gasteiger partial charge in [0.2, 0.25) is 15.9 Å². The smallest absolute Gasteiger partial charge is 0.271 e. The molecule has 8 nitrogen and oxygen atoms in total. The summed E-state index contributed by atoms with van der Waals surface area (Å²) < 4.78 is 27.0. The van der Waals surface area contributed by atoms with Gasteiger partial charge in [-0.3, -0.25) is 14.9 Å². The summed E-state index contributed by atoms with van der Waals surface area (Å²) in [6.45, 7) is 2.10. The first-order valence-corrected chi connectivity index (χ1v) is 10.8. The molecule has 1 amide bonds. The molecule has 1 aliphatic heterocycles.